The van der Waals surface area contributed by atoms with Crippen LogP contribution in [0, 0.1) is 17.8 Å². The van der Waals surface area contributed by atoms with Gasteiger partial charge in [0, 0.05) is 24.7 Å². The van der Waals surface area contributed by atoms with E-state index in [0.717, 1.165) is 19.4 Å². The van der Waals surface area contributed by atoms with Gasteiger partial charge in [0.1, 0.15) is 0 Å². The van der Waals surface area contributed by atoms with Crippen LogP contribution in [0.5, 0.6) is 0 Å². The Morgan fingerprint density at radius 2 is 1.69 bits per heavy atom. The second-order valence-electron chi connectivity index (χ2n) is 11.2. The third-order valence-corrected chi connectivity index (χ3v) is 7.55. The largest absolute Gasteiger partial charge is 0.390 e. The summed E-state index contributed by atoms with van der Waals surface area (Å²) >= 11 is 0. The number of rotatable bonds is 6. The standard InChI is InChI=1S/C24H45N3O2/c1-24(2,3)26-23(29)21-14-18-11-7-8-12-19(18)15-27(21)16-22(28)20(25)13-17-9-5-4-6-10-17/h17-22,28H,4-16,25H2,1-3H3,(H,26,29)/t18-,19+,20-,21-,22+/m0/s1. The average molecular weight is 408 g/mol. The summed E-state index contributed by atoms with van der Waals surface area (Å²) in [5, 5.41) is 14.1. The van der Waals surface area contributed by atoms with Gasteiger partial charge < -0.3 is 16.2 Å². The summed E-state index contributed by atoms with van der Waals surface area (Å²) in [5.74, 6) is 2.11. The van der Waals surface area contributed by atoms with Crippen molar-refractivity contribution in [3.8, 4) is 0 Å². The quantitative estimate of drug-likeness (QED) is 0.630. The Labute approximate surface area is 178 Å². The Morgan fingerprint density at radius 1 is 1.07 bits per heavy atom. The molecule has 4 N–H and O–H groups in total. The van der Waals surface area contributed by atoms with Gasteiger partial charge in [0.25, 0.3) is 0 Å². The minimum absolute atomic E-state index is 0.120. The Balaban J connectivity index is 1.62. The van der Waals surface area contributed by atoms with Gasteiger partial charge in [-0.3, -0.25) is 9.69 Å². The first kappa shape index (κ1) is 23.0. The number of nitrogens with two attached hydrogens (primary N) is 1. The lowest BCUT2D eigenvalue weighted by molar-refractivity contribution is -0.132. The first-order valence-electron chi connectivity index (χ1n) is 12.2. The third kappa shape index (κ3) is 6.67. The minimum atomic E-state index is -0.554. The van der Waals surface area contributed by atoms with Crippen molar-refractivity contribution in [2.75, 3.05) is 13.1 Å². The molecular formula is C24H45N3O2. The number of likely N-dealkylation sites (tertiary alicyclic amines) is 1. The van der Waals surface area contributed by atoms with E-state index in [1.807, 2.05) is 20.8 Å². The molecule has 168 valence electrons. The van der Waals surface area contributed by atoms with Gasteiger partial charge in [-0.25, -0.2) is 0 Å². The number of nitrogens with zero attached hydrogens (tertiary/aromatic N) is 1. The van der Waals surface area contributed by atoms with Crippen LogP contribution in [-0.4, -0.2) is 52.7 Å². The molecule has 0 aromatic carbocycles. The molecule has 29 heavy (non-hydrogen) atoms. The van der Waals surface area contributed by atoms with E-state index in [-0.39, 0.29) is 23.5 Å². The second kappa shape index (κ2) is 10.1. The molecule has 1 saturated heterocycles. The van der Waals surface area contributed by atoms with Gasteiger partial charge in [0.2, 0.25) is 5.91 Å². The lowest BCUT2D eigenvalue weighted by Crippen LogP contribution is -2.59. The molecule has 0 aromatic rings. The van der Waals surface area contributed by atoms with Gasteiger partial charge in [-0.05, 0) is 57.8 Å². The van der Waals surface area contributed by atoms with Gasteiger partial charge in [-0.1, -0.05) is 51.4 Å². The predicted octanol–water partition coefficient (Wildman–Crippen LogP) is 3.44. The molecule has 3 rings (SSSR count). The fourth-order valence-electron chi connectivity index (χ4n) is 5.97. The first-order valence-corrected chi connectivity index (χ1v) is 12.2. The Morgan fingerprint density at radius 3 is 2.34 bits per heavy atom. The summed E-state index contributed by atoms with van der Waals surface area (Å²) in [7, 11) is 0. The first-order chi connectivity index (χ1) is 13.7. The van der Waals surface area contributed by atoms with E-state index in [9.17, 15) is 9.90 Å². The molecule has 1 heterocycles. The van der Waals surface area contributed by atoms with Crippen molar-refractivity contribution in [3.05, 3.63) is 0 Å². The fourth-order valence-corrected chi connectivity index (χ4v) is 5.97. The van der Waals surface area contributed by atoms with Crippen molar-refractivity contribution in [3.63, 3.8) is 0 Å². The monoisotopic (exact) mass is 407 g/mol. The van der Waals surface area contributed by atoms with E-state index in [1.165, 1.54) is 57.8 Å². The molecule has 2 saturated carbocycles. The number of fused-ring (bicyclic) bond motifs is 1. The number of carbonyl (C=O) groups is 1. The van der Waals surface area contributed by atoms with E-state index in [1.54, 1.807) is 0 Å². The molecule has 0 unspecified atom stereocenters. The van der Waals surface area contributed by atoms with Crippen molar-refractivity contribution in [1.29, 1.82) is 0 Å². The normalized spacial score (nSPS) is 31.7. The molecule has 1 aliphatic heterocycles. The highest BCUT2D eigenvalue weighted by Gasteiger charge is 2.41. The maximum absolute atomic E-state index is 13.1. The summed E-state index contributed by atoms with van der Waals surface area (Å²) in [4.78, 5) is 15.4. The third-order valence-electron chi connectivity index (χ3n) is 7.55. The van der Waals surface area contributed by atoms with Crippen LogP contribution in [-0.2, 0) is 4.79 Å². The van der Waals surface area contributed by atoms with Crippen LogP contribution in [0.15, 0.2) is 0 Å². The van der Waals surface area contributed by atoms with Crippen LogP contribution >= 0.6 is 0 Å². The smallest absolute Gasteiger partial charge is 0.237 e. The summed E-state index contributed by atoms with van der Waals surface area (Å²) in [6.07, 6.45) is 12.9. The van der Waals surface area contributed by atoms with Gasteiger partial charge >= 0.3 is 0 Å². The topological polar surface area (TPSA) is 78.6 Å². The molecule has 0 aromatic heterocycles. The van der Waals surface area contributed by atoms with Crippen LogP contribution in [0.4, 0.5) is 0 Å². The van der Waals surface area contributed by atoms with E-state index in [0.29, 0.717) is 24.3 Å². The molecule has 5 atom stereocenters. The number of aliphatic hydroxyl groups excluding tert-OH is 1. The number of nitrogens with one attached hydrogen (secondary N) is 1. The van der Waals surface area contributed by atoms with Gasteiger partial charge in [-0.2, -0.15) is 0 Å². The van der Waals surface area contributed by atoms with Crippen molar-refractivity contribution < 1.29 is 9.90 Å². The summed E-state index contributed by atoms with van der Waals surface area (Å²) in [6.45, 7) is 7.57. The Hall–Kier alpha value is -0.650. The van der Waals surface area contributed by atoms with Gasteiger partial charge in [-0.15, -0.1) is 0 Å². The molecule has 3 aliphatic rings. The maximum atomic E-state index is 13.1. The van der Waals surface area contributed by atoms with Crippen molar-refractivity contribution >= 4 is 5.91 Å². The summed E-state index contributed by atoms with van der Waals surface area (Å²) in [6, 6.07) is -0.321. The highest BCUT2D eigenvalue weighted by molar-refractivity contribution is 5.82. The molecule has 5 nitrogen and oxygen atoms in total. The number of aliphatic hydroxyl groups is 1. The van der Waals surface area contributed by atoms with Crippen LogP contribution in [0.3, 0.4) is 0 Å². The molecule has 0 radical (unpaired) electrons. The molecular weight excluding hydrogens is 362 g/mol. The predicted molar refractivity (Wildman–Crippen MR) is 118 cm³/mol. The number of β-amino-alcohol motifs (C(OH)–C–C–N with tert-alkyl or cyclic N) is 1. The second-order valence-corrected chi connectivity index (χ2v) is 11.2. The number of piperidine rings is 1. The van der Waals surface area contributed by atoms with E-state index < -0.39 is 6.10 Å². The number of hydrogen-bond donors (Lipinski definition) is 3. The number of carbonyl (C=O) groups excluding carboxylic acids is 1. The molecule has 5 heteroatoms. The van der Waals surface area contributed by atoms with Crippen LogP contribution in [0.1, 0.15) is 91.4 Å². The zero-order valence-electron chi connectivity index (χ0n) is 19.0. The molecule has 0 spiro atoms. The minimum Gasteiger partial charge on any atom is -0.390 e. The van der Waals surface area contributed by atoms with E-state index in [2.05, 4.69) is 10.2 Å². The van der Waals surface area contributed by atoms with Crippen LogP contribution in [0.25, 0.3) is 0 Å². The van der Waals surface area contributed by atoms with Crippen LogP contribution in [0.2, 0.25) is 0 Å². The molecule has 3 fully saturated rings. The molecule has 2 aliphatic carbocycles. The van der Waals surface area contributed by atoms with E-state index >= 15 is 0 Å². The number of amides is 1. The Kier molecular flexibility index (Phi) is 8.02. The Bertz CT molecular complexity index is 527. The summed E-state index contributed by atoms with van der Waals surface area (Å²) < 4.78 is 0. The van der Waals surface area contributed by atoms with Gasteiger partial charge in [0.15, 0.2) is 0 Å². The zero-order valence-corrected chi connectivity index (χ0v) is 19.0. The number of hydrogen-bond acceptors (Lipinski definition) is 4. The zero-order chi connectivity index (χ0) is 21.0. The summed E-state index contributed by atoms with van der Waals surface area (Å²) in [5.41, 5.74) is 6.21. The van der Waals surface area contributed by atoms with Crippen molar-refractivity contribution in [1.82, 2.24) is 10.2 Å². The highest BCUT2D eigenvalue weighted by Crippen LogP contribution is 2.39. The van der Waals surface area contributed by atoms with Crippen molar-refractivity contribution in [2.45, 2.75) is 115 Å². The van der Waals surface area contributed by atoms with Crippen molar-refractivity contribution in [2.24, 2.45) is 23.5 Å². The average Bonchev–Trinajstić information content (AvgIpc) is 2.66. The lowest BCUT2D eigenvalue weighted by Gasteiger charge is -2.47. The molecule has 0 bridgehead atoms. The lowest BCUT2D eigenvalue weighted by atomic mass is 9.72. The fraction of sp³-hybridized carbons (Fsp3) is 0.958. The molecule has 1 amide bonds. The van der Waals surface area contributed by atoms with E-state index in [4.69, 9.17) is 5.73 Å². The SMILES string of the molecule is CC(C)(C)NC(=O)[C@@H]1C[C@@H]2CCCC[C@@H]2CN1C[C@@H](O)[C@@H](N)CC1CCCCC1. The highest BCUT2D eigenvalue weighted by atomic mass is 16.3. The maximum Gasteiger partial charge on any atom is 0.237 e. The van der Waals surface area contributed by atoms with Gasteiger partial charge in [0.05, 0.1) is 12.1 Å². The van der Waals surface area contributed by atoms with Crippen LogP contribution < -0.4 is 11.1 Å².